The van der Waals surface area contributed by atoms with E-state index < -0.39 is 0 Å². The van der Waals surface area contributed by atoms with Gasteiger partial charge in [0.15, 0.2) is 0 Å². The summed E-state index contributed by atoms with van der Waals surface area (Å²) < 4.78 is 5.50. The maximum atomic E-state index is 9.23. The fraction of sp³-hybridized carbons (Fsp3) is 0.474. The van der Waals surface area contributed by atoms with Crippen molar-refractivity contribution in [3.63, 3.8) is 0 Å². The van der Waals surface area contributed by atoms with Crippen LogP contribution in [0.15, 0.2) is 30.5 Å². The van der Waals surface area contributed by atoms with E-state index in [1.165, 1.54) is 0 Å². The minimum Gasteiger partial charge on any atom is -0.478 e. The molecule has 1 aliphatic carbocycles. The lowest BCUT2D eigenvalue weighted by Crippen LogP contribution is -2.15. The maximum Gasteiger partial charge on any atom is 0.213 e. The van der Waals surface area contributed by atoms with Crippen molar-refractivity contribution in [3.05, 3.63) is 36.0 Å². The summed E-state index contributed by atoms with van der Waals surface area (Å²) in [5.41, 5.74) is 2.86. The molecular formula is C19H24N2O2. The van der Waals surface area contributed by atoms with Gasteiger partial charge in [0.1, 0.15) is 0 Å². The standard InChI is InChI=1S/C19H24N2O2/c1-2-23-18-10-9-17-19(21-18)16(11-12-20-17)8-7-14-3-5-15(13-22)6-4-14/h7-12,14-15,22H,2-6,13H2,1H3. The van der Waals surface area contributed by atoms with Crippen LogP contribution in [0.5, 0.6) is 5.88 Å². The van der Waals surface area contributed by atoms with Gasteiger partial charge >= 0.3 is 0 Å². The monoisotopic (exact) mass is 312 g/mol. The van der Waals surface area contributed by atoms with E-state index >= 15 is 0 Å². The van der Waals surface area contributed by atoms with Gasteiger partial charge in [-0.15, -0.1) is 0 Å². The lowest BCUT2D eigenvalue weighted by Gasteiger charge is -2.25. The highest BCUT2D eigenvalue weighted by Crippen LogP contribution is 2.30. The first-order valence-electron chi connectivity index (χ1n) is 8.47. The van der Waals surface area contributed by atoms with E-state index in [1.54, 1.807) is 0 Å². The Labute approximate surface area is 137 Å². The van der Waals surface area contributed by atoms with Crippen molar-refractivity contribution >= 4 is 17.1 Å². The lowest BCUT2D eigenvalue weighted by atomic mass is 9.82. The molecule has 122 valence electrons. The van der Waals surface area contributed by atoms with Gasteiger partial charge in [-0.2, -0.15) is 0 Å². The number of aliphatic hydroxyl groups is 1. The Bertz CT molecular complexity index is 676. The number of nitrogens with zero attached hydrogens (tertiary/aromatic N) is 2. The number of pyridine rings is 2. The zero-order valence-electron chi connectivity index (χ0n) is 13.6. The molecule has 0 atom stereocenters. The largest absolute Gasteiger partial charge is 0.478 e. The minimum absolute atomic E-state index is 0.329. The van der Waals surface area contributed by atoms with Crippen LogP contribution in [-0.2, 0) is 0 Å². The van der Waals surface area contributed by atoms with Gasteiger partial charge in [-0.3, -0.25) is 4.98 Å². The molecule has 0 unspecified atom stereocenters. The average molecular weight is 312 g/mol. The summed E-state index contributed by atoms with van der Waals surface area (Å²) >= 11 is 0. The smallest absolute Gasteiger partial charge is 0.213 e. The van der Waals surface area contributed by atoms with Crippen LogP contribution in [0.1, 0.15) is 38.2 Å². The zero-order valence-corrected chi connectivity index (χ0v) is 13.6. The Morgan fingerprint density at radius 3 is 2.78 bits per heavy atom. The Hall–Kier alpha value is -1.94. The molecule has 1 fully saturated rings. The molecule has 2 aromatic heterocycles. The molecule has 4 heteroatoms. The number of rotatable bonds is 5. The van der Waals surface area contributed by atoms with Crippen LogP contribution in [0.3, 0.4) is 0 Å². The molecule has 1 saturated carbocycles. The molecule has 2 heterocycles. The average Bonchev–Trinajstić information content (AvgIpc) is 2.60. The number of aliphatic hydroxyl groups excluding tert-OH is 1. The van der Waals surface area contributed by atoms with E-state index in [0.29, 0.717) is 30.9 Å². The van der Waals surface area contributed by atoms with Gasteiger partial charge in [-0.05, 0) is 56.6 Å². The highest BCUT2D eigenvalue weighted by molar-refractivity contribution is 5.84. The first-order valence-corrected chi connectivity index (χ1v) is 8.47. The summed E-state index contributed by atoms with van der Waals surface area (Å²) in [6.07, 6.45) is 10.8. The van der Waals surface area contributed by atoms with Gasteiger partial charge in [0, 0.05) is 24.4 Å². The molecule has 4 nitrogen and oxygen atoms in total. The quantitative estimate of drug-likeness (QED) is 0.911. The van der Waals surface area contributed by atoms with Crippen molar-refractivity contribution in [2.75, 3.05) is 13.2 Å². The number of fused-ring (bicyclic) bond motifs is 1. The SMILES string of the molecule is CCOc1ccc2nccc(C=CC3CCC(CO)CC3)c2n1. The van der Waals surface area contributed by atoms with Gasteiger partial charge in [0.25, 0.3) is 0 Å². The first-order chi connectivity index (χ1) is 11.3. The summed E-state index contributed by atoms with van der Waals surface area (Å²) in [7, 11) is 0. The van der Waals surface area contributed by atoms with Crippen molar-refractivity contribution in [3.8, 4) is 5.88 Å². The molecule has 3 rings (SSSR count). The van der Waals surface area contributed by atoms with Crippen LogP contribution < -0.4 is 4.74 Å². The Morgan fingerprint density at radius 2 is 2.04 bits per heavy atom. The van der Waals surface area contributed by atoms with E-state index in [4.69, 9.17) is 4.74 Å². The molecule has 23 heavy (non-hydrogen) atoms. The Morgan fingerprint density at radius 1 is 1.22 bits per heavy atom. The van der Waals surface area contributed by atoms with E-state index in [2.05, 4.69) is 22.1 Å². The highest BCUT2D eigenvalue weighted by atomic mass is 16.5. The second-order valence-corrected chi connectivity index (χ2v) is 6.17. The van der Waals surface area contributed by atoms with Crippen molar-refractivity contribution in [2.24, 2.45) is 11.8 Å². The van der Waals surface area contributed by atoms with E-state index in [9.17, 15) is 5.11 Å². The fourth-order valence-electron chi connectivity index (χ4n) is 3.19. The summed E-state index contributed by atoms with van der Waals surface area (Å²) in [5, 5.41) is 9.23. The molecular weight excluding hydrogens is 288 g/mol. The topological polar surface area (TPSA) is 55.2 Å². The van der Waals surface area contributed by atoms with E-state index in [1.807, 2.05) is 31.3 Å². The van der Waals surface area contributed by atoms with Crippen LogP contribution in [0.2, 0.25) is 0 Å². The van der Waals surface area contributed by atoms with Gasteiger partial charge in [-0.25, -0.2) is 4.98 Å². The van der Waals surface area contributed by atoms with Gasteiger partial charge in [0.2, 0.25) is 5.88 Å². The molecule has 1 N–H and O–H groups in total. The van der Waals surface area contributed by atoms with Crippen LogP contribution in [0.4, 0.5) is 0 Å². The zero-order chi connectivity index (χ0) is 16.1. The Kier molecular flexibility index (Phi) is 5.23. The maximum absolute atomic E-state index is 9.23. The number of hydrogen-bond acceptors (Lipinski definition) is 4. The van der Waals surface area contributed by atoms with E-state index in [0.717, 1.165) is 42.3 Å². The summed E-state index contributed by atoms with van der Waals surface area (Å²) in [4.78, 5) is 8.96. The molecule has 0 bridgehead atoms. The molecule has 0 aliphatic heterocycles. The number of hydrogen-bond donors (Lipinski definition) is 1. The molecule has 1 aliphatic rings. The molecule has 2 aromatic rings. The summed E-state index contributed by atoms with van der Waals surface area (Å²) in [6.45, 7) is 2.90. The second kappa shape index (κ2) is 7.55. The number of allylic oxidation sites excluding steroid dienone is 1. The van der Waals surface area contributed by atoms with Crippen molar-refractivity contribution in [1.82, 2.24) is 9.97 Å². The highest BCUT2D eigenvalue weighted by Gasteiger charge is 2.18. The van der Waals surface area contributed by atoms with Crippen LogP contribution >= 0.6 is 0 Å². The van der Waals surface area contributed by atoms with Crippen LogP contribution in [-0.4, -0.2) is 28.3 Å². The van der Waals surface area contributed by atoms with E-state index in [-0.39, 0.29) is 0 Å². The first kappa shape index (κ1) is 15.9. The number of ether oxygens (including phenoxy) is 1. The Balaban J connectivity index is 1.79. The van der Waals surface area contributed by atoms with Gasteiger partial charge < -0.3 is 9.84 Å². The predicted molar refractivity (Wildman–Crippen MR) is 92.3 cm³/mol. The molecule has 0 saturated heterocycles. The third-order valence-corrected chi connectivity index (χ3v) is 4.58. The van der Waals surface area contributed by atoms with Crippen molar-refractivity contribution in [2.45, 2.75) is 32.6 Å². The lowest BCUT2D eigenvalue weighted by molar-refractivity contribution is 0.178. The molecule has 0 aromatic carbocycles. The minimum atomic E-state index is 0.329. The summed E-state index contributed by atoms with van der Waals surface area (Å²) in [6, 6.07) is 5.82. The van der Waals surface area contributed by atoms with Gasteiger partial charge in [0.05, 0.1) is 17.6 Å². The fourth-order valence-corrected chi connectivity index (χ4v) is 3.19. The van der Waals surface area contributed by atoms with Crippen LogP contribution in [0.25, 0.3) is 17.1 Å². The third kappa shape index (κ3) is 3.88. The van der Waals surface area contributed by atoms with Gasteiger partial charge in [-0.1, -0.05) is 12.2 Å². The third-order valence-electron chi connectivity index (χ3n) is 4.58. The molecule has 0 radical (unpaired) electrons. The predicted octanol–water partition coefficient (Wildman–Crippen LogP) is 3.84. The van der Waals surface area contributed by atoms with Crippen LogP contribution in [0, 0.1) is 11.8 Å². The second-order valence-electron chi connectivity index (χ2n) is 6.17. The van der Waals surface area contributed by atoms with Crippen molar-refractivity contribution < 1.29 is 9.84 Å². The molecule has 0 spiro atoms. The number of aromatic nitrogens is 2. The normalized spacial score (nSPS) is 21.8. The molecule has 0 amide bonds. The van der Waals surface area contributed by atoms with Crippen molar-refractivity contribution in [1.29, 1.82) is 0 Å². The summed E-state index contributed by atoms with van der Waals surface area (Å²) in [5.74, 6) is 1.74.